The Morgan fingerprint density at radius 1 is 0.886 bits per heavy atom. The fourth-order valence-corrected chi connectivity index (χ4v) is 4.92. The summed E-state index contributed by atoms with van der Waals surface area (Å²) in [4.78, 5) is 4.11. The lowest BCUT2D eigenvalue weighted by molar-refractivity contribution is -0.183. The van der Waals surface area contributed by atoms with Crippen LogP contribution in [0, 0.1) is 17.7 Å². The molecule has 1 aliphatic rings. The highest BCUT2D eigenvalue weighted by atomic mass is 19.4. The first-order valence-corrected chi connectivity index (χ1v) is 11.8. The zero-order valence-corrected chi connectivity index (χ0v) is 19.1. The number of nitrogens with one attached hydrogen (secondary N) is 1. The minimum Gasteiger partial charge on any atom is -0.312 e. The summed E-state index contributed by atoms with van der Waals surface area (Å²) in [6.07, 6.45) is 3.00. The first-order chi connectivity index (χ1) is 16.9. The minimum absolute atomic E-state index is 0.221. The number of pyridine rings is 2. The van der Waals surface area contributed by atoms with Crippen molar-refractivity contribution in [2.75, 3.05) is 6.54 Å². The molecule has 0 saturated heterocycles. The number of alkyl halides is 3. The van der Waals surface area contributed by atoms with E-state index in [4.69, 9.17) is 5.10 Å². The van der Waals surface area contributed by atoms with E-state index in [1.165, 1.54) is 12.1 Å². The van der Waals surface area contributed by atoms with Crippen LogP contribution in [-0.4, -0.2) is 27.3 Å². The summed E-state index contributed by atoms with van der Waals surface area (Å²) >= 11 is 0. The summed E-state index contributed by atoms with van der Waals surface area (Å²) in [6, 6.07) is 14.2. The highest BCUT2D eigenvalue weighted by molar-refractivity contribution is 5.92. The topological polar surface area (TPSA) is 42.2 Å². The second kappa shape index (κ2) is 9.77. The second-order valence-corrected chi connectivity index (χ2v) is 9.22. The lowest BCUT2D eigenvalue weighted by Gasteiger charge is -2.29. The van der Waals surface area contributed by atoms with Gasteiger partial charge >= 0.3 is 6.18 Å². The summed E-state index contributed by atoms with van der Waals surface area (Å²) in [6.45, 7) is 1.30. The fraction of sp³-hybridized carbons (Fsp3) is 0.333. The van der Waals surface area contributed by atoms with Crippen LogP contribution in [-0.2, 0) is 6.54 Å². The maximum absolute atomic E-state index is 13.5. The molecule has 5 rings (SSSR count). The van der Waals surface area contributed by atoms with Crippen LogP contribution in [0.5, 0.6) is 0 Å². The van der Waals surface area contributed by atoms with Gasteiger partial charge in [0.2, 0.25) is 0 Å². The Balaban J connectivity index is 1.33. The van der Waals surface area contributed by atoms with Gasteiger partial charge in [-0.05, 0) is 91.7 Å². The monoisotopic (exact) mass is 482 g/mol. The van der Waals surface area contributed by atoms with Gasteiger partial charge in [-0.2, -0.15) is 18.3 Å². The molecular formula is C27H26F4N4. The van der Waals surface area contributed by atoms with Crippen LogP contribution in [0.4, 0.5) is 17.6 Å². The van der Waals surface area contributed by atoms with Gasteiger partial charge in [-0.1, -0.05) is 6.07 Å². The lowest BCUT2D eigenvalue weighted by Crippen LogP contribution is -2.31. The molecule has 182 valence electrons. The van der Waals surface area contributed by atoms with Gasteiger partial charge in [0, 0.05) is 36.3 Å². The van der Waals surface area contributed by atoms with E-state index < -0.39 is 12.1 Å². The average Bonchev–Trinajstić information content (AvgIpc) is 3.23. The molecule has 8 heteroatoms. The summed E-state index contributed by atoms with van der Waals surface area (Å²) in [5.41, 5.74) is 5.43. The molecule has 1 aliphatic carbocycles. The van der Waals surface area contributed by atoms with Crippen LogP contribution in [0.25, 0.3) is 27.9 Å². The zero-order chi connectivity index (χ0) is 24.4. The standard InChI is InChI=1S/C27H26F4N4/c28-23-8-4-21(5-9-23)26-25(20-11-13-32-14-12-20)24-10-3-19(17-35(24)34-26)16-33-15-18-1-6-22(7-2-18)27(29,30)31/h3-5,8-14,17-18,22,33H,1-2,6-7,15-16H2. The molecule has 0 spiro atoms. The Morgan fingerprint density at radius 2 is 1.60 bits per heavy atom. The first kappa shape index (κ1) is 23.5. The summed E-state index contributed by atoms with van der Waals surface area (Å²) in [5.74, 6) is -1.18. The third-order valence-corrected chi connectivity index (χ3v) is 6.85. The maximum Gasteiger partial charge on any atom is 0.391 e. The van der Waals surface area contributed by atoms with Gasteiger partial charge < -0.3 is 5.32 Å². The third kappa shape index (κ3) is 5.22. The Labute approximate surface area is 201 Å². The molecule has 1 saturated carbocycles. The zero-order valence-electron chi connectivity index (χ0n) is 19.1. The Morgan fingerprint density at radius 3 is 2.29 bits per heavy atom. The van der Waals surface area contributed by atoms with E-state index in [0.29, 0.717) is 25.9 Å². The molecule has 0 radical (unpaired) electrons. The normalized spacial score (nSPS) is 18.7. The Hall–Kier alpha value is -3.26. The first-order valence-electron chi connectivity index (χ1n) is 11.8. The van der Waals surface area contributed by atoms with E-state index in [1.807, 2.05) is 35.0 Å². The van der Waals surface area contributed by atoms with E-state index in [9.17, 15) is 17.6 Å². The molecule has 0 unspecified atom stereocenters. The number of halogens is 4. The van der Waals surface area contributed by atoms with Crippen LogP contribution in [0.15, 0.2) is 67.1 Å². The van der Waals surface area contributed by atoms with E-state index in [1.54, 1.807) is 24.5 Å². The van der Waals surface area contributed by atoms with Gasteiger partial charge in [-0.15, -0.1) is 0 Å². The molecule has 0 bridgehead atoms. The maximum atomic E-state index is 13.5. The van der Waals surface area contributed by atoms with E-state index in [2.05, 4.69) is 10.3 Å². The second-order valence-electron chi connectivity index (χ2n) is 9.22. The molecule has 3 aromatic heterocycles. The molecule has 35 heavy (non-hydrogen) atoms. The molecule has 0 aliphatic heterocycles. The van der Waals surface area contributed by atoms with Crippen molar-refractivity contribution in [3.8, 4) is 22.4 Å². The lowest BCUT2D eigenvalue weighted by atomic mass is 9.81. The van der Waals surface area contributed by atoms with E-state index in [-0.39, 0.29) is 24.6 Å². The number of nitrogens with zero attached hydrogens (tertiary/aromatic N) is 3. The van der Waals surface area contributed by atoms with Crippen molar-refractivity contribution in [3.05, 3.63) is 78.5 Å². The van der Waals surface area contributed by atoms with Gasteiger partial charge in [-0.3, -0.25) is 4.98 Å². The van der Waals surface area contributed by atoms with Gasteiger partial charge in [0.25, 0.3) is 0 Å². The van der Waals surface area contributed by atoms with E-state index >= 15 is 0 Å². The van der Waals surface area contributed by atoms with Gasteiger partial charge in [0.15, 0.2) is 0 Å². The molecule has 3 heterocycles. The van der Waals surface area contributed by atoms with Gasteiger partial charge in [-0.25, -0.2) is 8.91 Å². The summed E-state index contributed by atoms with van der Waals surface area (Å²) in [7, 11) is 0. The molecule has 1 fully saturated rings. The highest BCUT2D eigenvalue weighted by Gasteiger charge is 2.41. The van der Waals surface area contributed by atoms with Crippen LogP contribution in [0.1, 0.15) is 31.2 Å². The summed E-state index contributed by atoms with van der Waals surface area (Å²) in [5, 5.41) is 8.23. The fourth-order valence-electron chi connectivity index (χ4n) is 4.92. The van der Waals surface area contributed by atoms with Gasteiger partial charge in [0.1, 0.15) is 11.5 Å². The predicted molar refractivity (Wildman–Crippen MR) is 127 cm³/mol. The van der Waals surface area contributed by atoms with Crippen molar-refractivity contribution in [1.29, 1.82) is 0 Å². The number of benzene rings is 1. The van der Waals surface area contributed by atoms with E-state index in [0.717, 1.165) is 33.5 Å². The van der Waals surface area contributed by atoms with Crippen molar-refractivity contribution in [3.63, 3.8) is 0 Å². The summed E-state index contributed by atoms with van der Waals surface area (Å²) < 4.78 is 54.0. The van der Waals surface area contributed by atoms with Crippen LogP contribution < -0.4 is 5.32 Å². The van der Waals surface area contributed by atoms with Crippen molar-refractivity contribution >= 4 is 5.52 Å². The number of hydrogen-bond donors (Lipinski definition) is 1. The Kier molecular flexibility index (Phi) is 6.56. The molecule has 1 N–H and O–H groups in total. The molecule has 1 aromatic carbocycles. The number of fused-ring (bicyclic) bond motifs is 1. The van der Waals surface area contributed by atoms with Crippen molar-refractivity contribution in [1.82, 2.24) is 19.9 Å². The van der Waals surface area contributed by atoms with Crippen LogP contribution >= 0.6 is 0 Å². The molecule has 4 nitrogen and oxygen atoms in total. The molecule has 4 aromatic rings. The van der Waals surface area contributed by atoms with Crippen molar-refractivity contribution in [2.45, 2.75) is 38.4 Å². The smallest absolute Gasteiger partial charge is 0.312 e. The Bertz CT molecular complexity index is 1270. The predicted octanol–water partition coefficient (Wildman–Crippen LogP) is 6.66. The third-order valence-electron chi connectivity index (χ3n) is 6.85. The number of aromatic nitrogens is 3. The van der Waals surface area contributed by atoms with Gasteiger partial charge in [0.05, 0.1) is 11.4 Å². The largest absolute Gasteiger partial charge is 0.391 e. The van der Waals surface area contributed by atoms with Crippen molar-refractivity contribution < 1.29 is 17.6 Å². The molecule has 0 atom stereocenters. The highest BCUT2D eigenvalue weighted by Crippen LogP contribution is 2.39. The molecule has 0 amide bonds. The number of hydrogen-bond acceptors (Lipinski definition) is 3. The number of rotatable bonds is 6. The van der Waals surface area contributed by atoms with Crippen LogP contribution in [0.2, 0.25) is 0 Å². The SMILES string of the molecule is Fc1ccc(-c2nn3cc(CNCC4CCC(C(F)(F)F)CC4)ccc3c2-c2ccncc2)cc1. The average molecular weight is 483 g/mol. The quantitative estimate of drug-likeness (QED) is 0.313. The minimum atomic E-state index is -4.07. The van der Waals surface area contributed by atoms with Crippen molar-refractivity contribution in [2.24, 2.45) is 11.8 Å². The molecular weight excluding hydrogens is 456 g/mol. The van der Waals surface area contributed by atoms with Crippen LogP contribution in [0.3, 0.4) is 0 Å².